The van der Waals surface area contributed by atoms with Crippen LogP contribution in [0.3, 0.4) is 0 Å². The van der Waals surface area contributed by atoms with Gasteiger partial charge in [-0.2, -0.15) is 4.98 Å². The number of hydrogen-bond donors (Lipinski definition) is 1. The molecule has 0 saturated carbocycles. The van der Waals surface area contributed by atoms with Gasteiger partial charge in [0.2, 0.25) is 5.88 Å². The number of nitrogens with one attached hydrogen (secondary N) is 1. The van der Waals surface area contributed by atoms with E-state index in [1.54, 1.807) is 0 Å². The van der Waals surface area contributed by atoms with Gasteiger partial charge >= 0.3 is 0 Å². The summed E-state index contributed by atoms with van der Waals surface area (Å²) in [6, 6.07) is 1.85. The number of rotatable bonds is 7. The molecule has 1 aromatic rings. The molecular formula is C12H22N4O. The van der Waals surface area contributed by atoms with Gasteiger partial charge in [-0.25, -0.2) is 4.98 Å². The standard InChI is InChI=1S/C12H22N4O/c1-5-8-17-12-9-11(14-10(2)15-12)13-6-7-16(3)4/h9H,5-8H2,1-4H3,(H,13,14,15). The first-order valence-electron chi connectivity index (χ1n) is 5.99. The van der Waals surface area contributed by atoms with E-state index in [4.69, 9.17) is 4.74 Å². The second-order valence-electron chi connectivity index (χ2n) is 4.22. The maximum atomic E-state index is 5.50. The fourth-order valence-corrected chi connectivity index (χ4v) is 1.32. The lowest BCUT2D eigenvalue weighted by Crippen LogP contribution is -2.21. The number of nitrogens with zero attached hydrogens (tertiary/aromatic N) is 3. The van der Waals surface area contributed by atoms with E-state index in [1.807, 2.05) is 27.1 Å². The summed E-state index contributed by atoms with van der Waals surface area (Å²) in [6.07, 6.45) is 0.979. The number of ether oxygens (including phenoxy) is 1. The van der Waals surface area contributed by atoms with Crippen molar-refractivity contribution < 1.29 is 4.74 Å². The molecule has 0 atom stereocenters. The van der Waals surface area contributed by atoms with Gasteiger partial charge in [-0.15, -0.1) is 0 Å². The van der Waals surface area contributed by atoms with Gasteiger partial charge in [-0.05, 0) is 27.4 Å². The van der Waals surface area contributed by atoms with Gasteiger partial charge in [0.15, 0.2) is 0 Å². The molecule has 0 aliphatic heterocycles. The van der Waals surface area contributed by atoms with Gasteiger partial charge in [-0.1, -0.05) is 6.92 Å². The van der Waals surface area contributed by atoms with Crippen LogP contribution in [-0.4, -0.2) is 48.7 Å². The fraction of sp³-hybridized carbons (Fsp3) is 0.667. The summed E-state index contributed by atoms with van der Waals surface area (Å²) in [5.41, 5.74) is 0. The first-order valence-corrected chi connectivity index (χ1v) is 5.99. The Balaban J connectivity index is 2.55. The molecule has 0 spiro atoms. The lowest BCUT2D eigenvalue weighted by molar-refractivity contribution is 0.304. The Labute approximate surface area is 103 Å². The molecule has 5 nitrogen and oxygen atoms in total. The second-order valence-corrected chi connectivity index (χ2v) is 4.22. The topological polar surface area (TPSA) is 50.3 Å². The lowest BCUT2D eigenvalue weighted by Gasteiger charge is -2.12. The maximum Gasteiger partial charge on any atom is 0.218 e. The van der Waals surface area contributed by atoms with Crippen molar-refractivity contribution in [3.8, 4) is 5.88 Å². The molecule has 0 radical (unpaired) electrons. The Kier molecular flexibility index (Phi) is 5.69. The Bertz CT molecular complexity index is 341. The normalized spacial score (nSPS) is 10.6. The molecule has 1 N–H and O–H groups in total. The van der Waals surface area contributed by atoms with Gasteiger partial charge in [0.25, 0.3) is 0 Å². The highest BCUT2D eigenvalue weighted by Gasteiger charge is 2.02. The monoisotopic (exact) mass is 238 g/mol. The molecule has 1 heterocycles. The van der Waals surface area contributed by atoms with E-state index < -0.39 is 0 Å². The van der Waals surface area contributed by atoms with Crippen LogP contribution in [0, 0.1) is 6.92 Å². The Morgan fingerprint density at radius 2 is 2.12 bits per heavy atom. The Morgan fingerprint density at radius 1 is 1.35 bits per heavy atom. The predicted octanol–water partition coefficient (Wildman–Crippen LogP) is 1.55. The third-order valence-electron chi connectivity index (χ3n) is 2.13. The molecule has 0 amide bonds. The highest BCUT2D eigenvalue weighted by Crippen LogP contribution is 2.13. The summed E-state index contributed by atoms with van der Waals surface area (Å²) < 4.78 is 5.50. The van der Waals surface area contributed by atoms with Crippen molar-refractivity contribution in [3.63, 3.8) is 0 Å². The third kappa shape index (κ3) is 5.49. The van der Waals surface area contributed by atoms with E-state index in [9.17, 15) is 0 Å². The van der Waals surface area contributed by atoms with Crippen LogP contribution in [0.5, 0.6) is 5.88 Å². The molecular weight excluding hydrogens is 216 g/mol. The molecule has 0 saturated heterocycles. The van der Waals surface area contributed by atoms with E-state index in [2.05, 4.69) is 27.1 Å². The zero-order valence-electron chi connectivity index (χ0n) is 11.2. The SMILES string of the molecule is CCCOc1cc(NCCN(C)C)nc(C)n1. The van der Waals surface area contributed by atoms with Gasteiger partial charge in [0.05, 0.1) is 6.61 Å². The second kappa shape index (κ2) is 7.06. The van der Waals surface area contributed by atoms with Crippen LogP contribution in [0.25, 0.3) is 0 Å². The highest BCUT2D eigenvalue weighted by atomic mass is 16.5. The van der Waals surface area contributed by atoms with Crippen LogP contribution in [0.15, 0.2) is 6.07 Å². The van der Waals surface area contributed by atoms with E-state index in [-0.39, 0.29) is 0 Å². The van der Waals surface area contributed by atoms with Crippen molar-refractivity contribution in [2.45, 2.75) is 20.3 Å². The molecule has 0 aliphatic carbocycles. The predicted molar refractivity (Wildman–Crippen MR) is 69.6 cm³/mol. The molecule has 96 valence electrons. The van der Waals surface area contributed by atoms with Gasteiger partial charge < -0.3 is 15.0 Å². The average Bonchev–Trinajstić information content (AvgIpc) is 2.25. The van der Waals surface area contributed by atoms with E-state index in [0.29, 0.717) is 12.5 Å². The minimum absolute atomic E-state index is 0.645. The number of hydrogen-bond acceptors (Lipinski definition) is 5. The number of anilines is 1. The third-order valence-corrected chi connectivity index (χ3v) is 2.13. The fourth-order valence-electron chi connectivity index (χ4n) is 1.32. The summed E-state index contributed by atoms with van der Waals surface area (Å²) in [5, 5.41) is 3.26. The van der Waals surface area contributed by atoms with Crippen molar-refractivity contribution >= 4 is 5.82 Å². The number of likely N-dealkylation sites (N-methyl/N-ethyl adjacent to an activating group) is 1. The quantitative estimate of drug-likeness (QED) is 0.781. The first-order chi connectivity index (χ1) is 8.11. The maximum absolute atomic E-state index is 5.50. The molecule has 0 aliphatic rings. The lowest BCUT2D eigenvalue weighted by atomic mass is 10.4. The minimum atomic E-state index is 0.645. The molecule has 17 heavy (non-hydrogen) atoms. The molecule has 5 heteroatoms. The summed E-state index contributed by atoms with van der Waals surface area (Å²) in [5.74, 6) is 2.20. The van der Waals surface area contributed by atoms with Crippen LogP contribution in [0.2, 0.25) is 0 Å². The van der Waals surface area contributed by atoms with Crippen LogP contribution >= 0.6 is 0 Å². The van der Waals surface area contributed by atoms with E-state index in [1.165, 1.54) is 0 Å². The molecule has 0 unspecified atom stereocenters. The number of aryl methyl sites for hydroxylation is 1. The van der Waals surface area contributed by atoms with Gasteiger partial charge in [0, 0.05) is 19.2 Å². The summed E-state index contributed by atoms with van der Waals surface area (Å²) in [7, 11) is 4.09. The molecule has 1 aromatic heterocycles. The molecule has 0 fully saturated rings. The van der Waals surface area contributed by atoms with Crippen molar-refractivity contribution in [3.05, 3.63) is 11.9 Å². The smallest absolute Gasteiger partial charge is 0.218 e. The highest BCUT2D eigenvalue weighted by molar-refractivity contribution is 5.38. The van der Waals surface area contributed by atoms with Crippen molar-refractivity contribution in [1.29, 1.82) is 0 Å². The summed E-state index contributed by atoms with van der Waals surface area (Å²) in [6.45, 7) is 6.46. The largest absolute Gasteiger partial charge is 0.478 e. The Hall–Kier alpha value is -1.36. The number of aromatic nitrogens is 2. The van der Waals surface area contributed by atoms with Crippen molar-refractivity contribution in [2.24, 2.45) is 0 Å². The minimum Gasteiger partial charge on any atom is -0.478 e. The van der Waals surface area contributed by atoms with Crippen molar-refractivity contribution in [2.75, 3.05) is 39.1 Å². The zero-order valence-corrected chi connectivity index (χ0v) is 11.2. The van der Waals surface area contributed by atoms with Gasteiger partial charge in [-0.3, -0.25) is 0 Å². The molecule has 0 aromatic carbocycles. The molecule has 0 bridgehead atoms. The Morgan fingerprint density at radius 3 is 2.76 bits per heavy atom. The van der Waals surface area contributed by atoms with E-state index >= 15 is 0 Å². The average molecular weight is 238 g/mol. The van der Waals surface area contributed by atoms with Crippen LogP contribution in [0.4, 0.5) is 5.82 Å². The summed E-state index contributed by atoms with van der Waals surface area (Å²) >= 11 is 0. The van der Waals surface area contributed by atoms with Crippen LogP contribution in [0.1, 0.15) is 19.2 Å². The molecule has 1 rings (SSSR count). The summed E-state index contributed by atoms with van der Waals surface area (Å²) in [4.78, 5) is 10.7. The van der Waals surface area contributed by atoms with Crippen LogP contribution in [-0.2, 0) is 0 Å². The van der Waals surface area contributed by atoms with Crippen LogP contribution < -0.4 is 10.1 Å². The first kappa shape index (κ1) is 13.7. The van der Waals surface area contributed by atoms with E-state index in [0.717, 1.165) is 31.2 Å². The van der Waals surface area contributed by atoms with Gasteiger partial charge in [0.1, 0.15) is 11.6 Å². The van der Waals surface area contributed by atoms with Crippen molar-refractivity contribution in [1.82, 2.24) is 14.9 Å². The zero-order chi connectivity index (χ0) is 12.7.